The number of nitrogens with one attached hydrogen (secondary N) is 2. The van der Waals surface area contributed by atoms with Crippen LogP contribution in [0.25, 0.3) is 0 Å². The first-order valence-electron chi connectivity index (χ1n) is 6.46. The van der Waals surface area contributed by atoms with Crippen LogP contribution in [0.4, 0.5) is 0 Å². The van der Waals surface area contributed by atoms with Crippen LogP contribution in [0.1, 0.15) is 22.5 Å². The Morgan fingerprint density at radius 3 is 2.85 bits per heavy atom. The minimum Gasteiger partial charge on any atom is -0.336 e. The first-order valence-corrected chi connectivity index (χ1v) is 8.83. The molecule has 1 aliphatic heterocycles. The van der Waals surface area contributed by atoms with Crippen LogP contribution in [0.2, 0.25) is 0 Å². The third-order valence-electron chi connectivity index (χ3n) is 3.48. The quantitative estimate of drug-likeness (QED) is 0.847. The molecule has 0 aromatic carbocycles. The number of likely N-dealkylation sites (tertiary alicyclic amines) is 1. The number of hydrogen-bond donors (Lipinski definition) is 2. The SMILES string of the molecule is CN[C@H]1CCCN(C(=O)c2cc(S(=O)(=O)NC)cs2)C1. The Bertz CT molecular complexity index is 583. The Kier molecular flexibility index (Phi) is 4.79. The molecule has 0 radical (unpaired) electrons. The van der Waals surface area contributed by atoms with Gasteiger partial charge in [-0.2, -0.15) is 0 Å². The van der Waals surface area contributed by atoms with E-state index < -0.39 is 10.0 Å². The number of amides is 1. The van der Waals surface area contributed by atoms with Crippen molar-refractivity contribution in [3.63, 3.8) is 0 Å². The van der Waals surface area contributed by atoms with Crippen LogP contribution >= 0.6 is 11.3 Å². The van der Waals surface area contributed by atoms with E-state index in [4.69, 9.17) is 0 Å². The van der Waals surface area contributed by atoms with E-state index in [1.54, 1.807) is 4.90 Å². The van der Waals surface area contributed by atoms with Crippen LogP contribution < -0.4 is 10.0 Å². The van der Waals surface area contributed by atoms with Crippen molar-refractivity contribution in [2.45, 2.75) is 23.8 Å². The van der Waals surface area contributed by atoms with Gasteiger partial charge in [0, 0.05) is 24.5 Å². The minimum absolute atomic E-state index is 0.0903. The Labute approximate surface area is 123 Å². The van der Waals surface area contributed by atoms with E-state index in [-0.39, 0.29) is 10.8 Å². The maximum absolute atomic E-state index is 12.4. The van der Waals surface area contributed by atoms with Gasteiger partial charge in [-0.3, -0.25) is 4.79 Å². The molecule has 0 bridgehead atoms. The maximum atomic E-state index is 12.4. The topological polar surface area (TPSA) is 78.5 Å². The number of piperidine rings is 1. The fourth-order valence-corrected chi connectivity index (χ4v) is 4.21. The van der Waals surface area contributed by atoms with E-state index in [1.165, 1.54) is 29.8 Å². The van der Waals surface area contributed by atoms with Gasteiger partial charge >= 0.3 is 0 Å². The molecule has 1 fully saturated rings. The van der Waals surface area contributed by atoms with Gasteiger partial charge in [-0.25, -0.2) is 13.1 Å². The number of sulfonamides is 1. The zero-order chi connectivity index (χ0) is 14.8. The number of thiophene rings is 1. The molecule has 8 heteroatoms. The van der Waals surface area contributed by atoms with Gasteiger partial charge in [-0.05, 0) is 33.0 Å². The van der Waals surface area contributed by atoms with Crippen LogP contribution in [0.15, 0.2) is 16.3 Å². The minimum atomic E-state index is -3.48. The van der Waals surface area contributed by atoms with Gasteiger partial charge in [0.15, 0.2) is 0 Å². The summed E-state index contributed by atoms with van der Waals surface area (Å²) in [4.78, 5) is 14.8. The number of carbonyl (C=O) groups is 1. The molecule has 6 nitrogen and oxygen atoms in total. The fraction of sp³-hybridized carbons (Fsp3) is 0.583. The Hall–Kier alpha value is -0.960. The summed E-state index contributed by atoms with van der Waals surface area (Å²) >= 11 is 1.17. The van der Waals surface area contributed by atoms with E-state index >= 15 is 0 Å². The lowest BCUT2D eigenvalue weighted by molar-refractivity contribution is 0.0703. The van der Waals surface area contributed by atoms with E-state index in [0.29, 0.717) is 17.5 Å². The lowest BCUT2D eigenvalue weighted by Gasteiger charge is -2.32. The molecule has 2 N–H and O–H groups in total. The maximum Gasteiger partial charge on any atom is 0.264 e. The molecular formula is C12H19N3O3S2. The average Bonchev–Trinajstić information content (AvgIpc) is 2.97. The highest BCUT2D eigenvalue weighted by molar-refractivity contribution is 7.89. The molecule has 1 amide bonds. The molecule has 0 spiro atoms. The zero-order valence-corrected chi connectivity index (χ0v) is 13.2. The van der Waals surface area contributed by atoms with Gasteiger partial charge in [-0.15, -0.1) is 11.3 Å². The van der Waals surface area contributed by atoms with Crippen molar-refractivity contribution >= 4 is 27.3 Å². The average molecular weight is 317 g/mol. The van der Waals surface area contributed by atoms with Crippen molar-refractivity contribution in [3.8, 4) is 0 Å². The number of hydrogen-bond acceptors (Lipinski definition) is 5. The van der Waals surface area contributed by atoms with Crippen molar-refractivity contribution in [2.75, 3.05) is 27.2 Å². The molecule has 0 saturated carbocycles. The van der Waals surface area contributed by atoms with Crippen LogP contribution in [0, 0.1) is 0 Å². The van der Waals surface area contributed by atoms with Crippen molar-refractivity contribution < 1.29 is 13.2 Å². The van der Waals surface area contributed by atoms with E-state index in [1.807, 2.05) is 7.05 Å². The molecule has 2 heterocycles. The summed E-state index contributed by atoms with van der Waals surface area (Å²) in [5.74, 6) is -0.0903. The molecule has 1 atom stereocenters. The smallest absolute Gasteiger partial charge is 0.264 e. The van der Waals surface area contributed by atoms with Gasteiger partial charge in [0.25, 0.3) is 5.91 Å². The van der Waals surface area contributed by atoms with Gasteiger partial charge in [0.1, 0.15) is 0 Å². The fourth-order valence-electron chi connectivity index (χ4n) is 2.24. The Balaban J connectivity index is 2.14. The third kappa shape index (κ3) is 3.20. The Morgan fingerprint density at radius 1 is 1.45 bits per heavy atom. The molecule has 0 aliphatic carbocycles. The molecule has 1 aromatic rings. The summed E-state index contributed by atoms with van der Waals surface area (Å²) in [5.41, 5.74) is 0. The standard InChI is InChI=1S/C12H19N3O3S2/c1-13-9-4-3-5-15(7-9)12(16)11-6-10(8-19-11)20(17,18)14-2/h6,8-9,13-14H,3-5,7H2,1-2H3/t9-/m0/s1. The molecule has 1 aliphatic rings. The molecule has 2 rings (SSSR count). The monoisotopic (exact) mass is 317 g/mol. The summed E-state index contributed by atoms with van der Waals surface area (Å²) in [6.45, 7) is 1.39. The van der Waals surface area contributed by atoms with Gasteiger partial charge in [0.05, 0.1) is 9.77 Å². The van der Waals surface area contributed by atoms with Crippen LogP contribution in [-0.2, 0) is 10.0 Å². The summed E-state index contributed by atoms with van der Waals surface area (Å²) in [6, 6.07) is 1.76. The van der Waals surface area contributed by atoms with Crippen LogP contribution in [0.3, 0.4) is 0 Å². The molecule has 0 unspecified atom stereocenters. The van der Waals surface area contributed by atoms with Crippen molar-refractivity contribution in [3.05, 3.63) is 16.3 Å². The predicted molar refractivity (Wildman–Crippen MR) is 78.5 cm³/mol. The second kappa shape index (κ2) is 6.21. The highest BCUT2D eigenvalue weighted by Gasteiger charge is 2.25. The highest BCUT2D eigenvalue weighted by Crippen LogP contribution is 2.22. The third-order valence-corrected chi connectivity index (χ3v) is 5.94. The Morgan fingerprint density at radius 2 is 2.20 bits per heavy atom. The second-order valence-electron chi connectivity index (χ2n) is 4.73. The van der Waals surface area contributed by atoms with Gasteiger partial charge in [-0.1, -0.05) is 0 Å². The summed E-state index contributed by atoms with van der Waals surface area (Å²) in [7, 11) is -0.232. The van der Waals surface area contributed by atoms with E-state index in [2.05, 4.69) is 10.0 Å². The van der Waals surface area contributed by atoms with Crippen LogP contribution in [0.5, 0.6) is 0 Å². The molecular weight excluding hydrogens is 298 g/mol. The zero-order valence-electron chi connectivity index (χ0n) is 11.5. The lowest BCUT2D eigenvalue weighted by Crippen LogP contribution is -2.46. The highest BCUT2D eigenvalue weighted by atomic mass is 32.2. The predicted octanol–water partition coefficient (Wildman–Crippen LogP) is 0.480. The number of likely N-dealkylation sites (N-methyl/N-ethyl adjacent to an activating group) is 1. The van der Waals surface area contributed by atoms with E-state index in [9.17, 15) is 13.2 Å². The van der Waals surface area contributed by atoms with Crippen molar-refractivity contribution in [1.82, 2.24) is 14.9 Å². The first-order chi connectivity index (χ1) is 9.47. The van der Waals surface area contributed by atoms with Crippen molar-refractivity contribution in [2.24, 2.45) is 0 Å². The number of rotatable bonds is 4. The van der Waals surface area contributed by atoms with Gasteiger partial charge < -0.3 is 10.2 Å². The van der Waals surface area contributed by atoms with E-state index in [0.717, 1.165) is 19.4 Å². The largest absolute Gasteiger partial charge is 0.336 e. The molecule has 112 valence electrons. The van der Waals surface area contributed by atoms with Gasteiger partial charge in [0.2, 0.25) is 10.0 Å². The molecule has 1 aromatic heterocycles. The number of nitrogens with zero attached hydrogens (tertiary/aromatic N) is 1. The molecule has 20 heavy (non-hydrogen) atoms. The van der Waals surface area contributed by atoms with Crippen molar-refractivity contribution in [1.29, 1.82) is 0 Å². The number of carbonyl (C=O) groups excluding carboxylic acids is 1. The first kappa shape index (κ1) is 15.4. The van der Waals surface area contributed by atoms with Crippen LogP contribution in [-0.4, -0.2) is 52.5 Å². The summed E-state index contributed by atoms with van der Waals surface area (Å²) in [5, 5.41) is 4.68. The summed E-state index contributed by atoms with van der Waals surface area (Å²) < 4.78 is 25.6. The second-order valence-corrected chi connectivity index (χ2v) is 7.53. The normalized spacial score (nSPS) is 20.1. The summed E-state index contributed by atoms with van der Waals surface area (Å²) in [6.07, 6.45) is 2.02. The lowest BCUT2D eigenvalue weighted by atomic mass is 10.1. The molecule has 1 saturated heterocycles.